The summed E-state index contributed by atoms with van der Waals surface area (Å²) in [6.45, 7) is 4.35. The van der Waals surface area contributed by atoms with Gasteiger partial charge in [-0.25, -0.2) is 0 Å². The second-order valence-corrected chi connectivity index (χ2v) is 27.1. The van der Waals surface area contributed by atoms with Crippen LogP contribution >= 0.6 is 0 Å². The number of allylic oxidation sites excluding steroid dienone is 5. The molecule has 0 spiro atoms. The van der Waals surface area contributed by atoms with Crippen LogP contribution in [0, 0.1) is 0 Å². The first-order chi connectivity index (χ1) is 41.7. The van der Waals surface area contributed by atoms with Crippen molar-refractivity contribution in [3.05, 3.63) is 36.5 Å². The Balaban J connectivity index is 3.40. The van der Waals surface area contributed by atoms with Crippen molar-refractivity contribution < 1.29 is 15.0 Å². The monoisotopic (exact) mass is 1180 g/mol. The van der Waals surface area contributed by atoms with E-state index in [1.807, 2.05) is 6.08 Å². The molecular formula is C80H155NO3. The van der Waals surface area contributed by atoms with E-state index in [4.69, 9.17) is 0 Å². The minimum Gasteiger partial charge on any atom is -0.394 e. The maximum atomic E-state index is 12.6. The van der Waals surface area contributed by atoms with E-state index in [0.717, 1.165) is 32.1 Å². The summed E-state index contributed by atoms with van der Waals surface area (Å²) in [6, 6.07) is -0.639. The van der Waals surface area contributed by atoms with Crippen LogP contribution < -0.4 is 5.32 Å². The quantitative estimate of drug-likeness (QED) is 0.0420. The predicted molar refractivity (Wildman–Crippen MR) is 378 cm³/mol. The summed E-state index contributed by atoms with van der Waals surface area (Å²) in [6.07, 6.45) is 106. The zero-order chi connectivity index (χ0) is 60.5. The maximum Gasteiger partial charge on any atom is 0.220 e. The first kappa shape index (κ1) is 82.6. The highest BCUT2D eigenvalue weighted by Crippen LogP contribution is 2.20. The molecule has 0 aromatic rings. The molecule has 4 nitrogen and oxygen atoms in total. The van der Waals surface area contributed by atoms with Gasteiger partial charge in [-0.2, -0.15) is 0 Å². The average molecular weight is 1180 g/mol. The van der Waals surface area contributed by atoms with E-state index in [1.165, 1.54) is 398 Å². The number of unbranched alkanes of at least 4 members (excludes halogenated alkanes) is 63. The Bertz CT molecular complexity index is 1290. The molecule has 3 N–H and O–H groups in total. The van der Waals surface area contributed by atoms with Crippen LogP contribution in [-0.2, 0) is 4.79 Å². The number of carbonyl (C=O) groups is 1. The number of hydrogen-bond acceptors (Lipinski definition) is 3. The van der Waals surface area contributed by atoms with Gasteiger partial charge in [0.2, 0.25) is 5.91 Å². The summed E-state index contributed by atoms with van der Waals surface area (Å²) in [5.74, 6) is -0.0638. The Hall–Kier alpha value is -1.39. The Labute approximate surface area is 529 Å². The van der Waals surface area contributed by atoms with Crippen LogP contribution in [-0.4, -0.2) is 34.9 Å². The lowest BCUT2D eigenvalue weighted by atomic mass is 10.0. The van der Waals surface area contributed by atoms with Gasteiger partial charge in [0.15, 0.2) is 0 Å². The highest BCUT2D eigenvalue weighted by molar-refractivity contribution is 5.76. The molecule has 4 heteroatoms. The minimum atomic E-state index is -0.863. The van der Waals surface area contributed by atoms with Crippen LogP contribution in [0.15, 0.2) is 36.5 Å². The van der Waals surface area contributed by atoms with Crippen LogP contribution in [0.25, 0.3) is 0 Å². The van der Waals surface area contributed by atoms with Gasteiger partial charge in [0.1, 0.15) is 0 Å². The van der Waals surface area contributed by atoms with Crippen LogP contribution in [0.2, 0.25) is 0 Å². The van der Waals surface area contributed by atoms with Crippen LogP contribution in [0.4, 0.5) is 0 Å². The molecule has 498 valence electrons. The zero-order valence-electron chi connectivity index (χ0n) is 57.7. The first-order valence-corrected chi connectivity index (χ1v) is 39.2. The van der Waals surface area contributed by atoms with Crippen molar-refractivity contribution in [2.45, 2.75) is 463 Å². The molecule has 0 aliphatic rings. The summed E-state index contributed by atoms with van der Waals surface area (Å²) in [4.78, 5) is 12.6. The lowest BCUT2D eigenvalue weighted by Gasteiger charge is -2.19. The van der Waals surface area contributed by atoms with Gasteiger partial charge in [-0.15, -0.1) is 0 Å². The molecule has 0 fully saturated rings. The topological polar surface area (TPSA) is 69.6 Å². The molecule has 0 heterocycles. The fourth-order valence-corrected chi connectivity index (χ4v) is 12.7. The molecule has 1 amide bonds. The van der Waals surface area contributed by atoms with E-state index in [-0.39, 0.29) is 12.5 Å². The summed E-state index contributed by atoms with van der Waals surface area (Å²) in [5, 5.41) is 23.3. The minimum absolute atomic E-state index is 0.0638. The van der Waals surface area contributed by atoms with Crippen LogP contribution in [0.1, 0.15) is 450 Å². The molecule has 0 aliphatic carbocycles. The Morgan fingerprint density at radius 1 is 0.274 bits per heavy atom. The van der Waals surface area contributed by atoms with Gasteiger partial charge in [-0.05, 0) is 57.8 Å². The number of hydrogen-bond donors (Lipinski definition) is 3. The molecule has 0 aliphatic heterocycles. The van der Waals surface area contributed by atoms with Crippen molar-refractivity contribution in [1.29, 1.82) is 0 Å². The molecule has 0 saturated heterocycles. The van der Waals surface area contributed by atoms with E-state index in [0.29, 0.717) is 6.42 Å². The smallest absolute Gasteiger partial charge is 0.220 e. The maximum absolute atomic E-state index is 12.6. The predicted octanol–water partition coefficient (Wildman–Crippen LogP) is 27.1. The lowest BCUT2D eigenvalue weighted by molar-refractivity contribution is -0.123. The number of nitrogens with one attached hydrogen (secondary N) is 1. The van der Waals surface area contributed by atoms with Crippen molar-refractivity contribution in [3.63, 3.8) is 0 Å². The number of aliphatic hydroxyl groups is 2. The van der Waals surface area contributed by atoms with E-state index in [2.05, 4.69) is 43.5 Å². The molecule has 2 atom stereocenters. The molecule has 0 saturated carbocycles. The van der Waals surface area contributed by atoms with Gasteiger partial charge in [-0.3, -0.25) is 4.79 Å². The third-order valence-electron chi connectivity index (χ3n) is 18.6. The zero-order valence-corrected chi connectivity index (χ0v) is 57.7. The normalized spacial score (nSPS) is 12.8. The standard InChI is InChI=1S/C80H155NO3/c1-3-5-7-9-11-13-15-17-19-21-23-25-27-29-31-33-35-36-37-38-39-40-41-42-43-44-46-48-50-52-54-56-58-60-62-64-66-68-70-72-74-76-80(84)81-78(77-82)79(83)75-73-71-69-67-65-63-61-59-57-55-53-51-49-47-45-34-32-30-28-26-24-22-20-18-16-14-12-10-8-6-4-2/h21,23,65,67,73,75,78-79,82-83H,3-20,22,24-64,66,68-72,74,76-77H2,1-2H3,(H,81,84)/b23-21-,67-65+,75-73+. The summed E-state index contributed by atoms with van der Waals surface area (Å²) < 4.78 is 0. The summed E-state index contributed by atoms with van der Waals surface area (Å²) in [7, 11) is 0. The first-order valence-electron chi connectivity index (χ1n) is 39.2. The Morgan fingerprint density at radius 3 is 0.690 bits per heavy atom. The van der Waals surface area contributed by atoms with Gasteiger partial charge in [0.25, 0.3) is 0 Å². The van der Waals surface area contributed by atoms with Crippen molar-refractivity contribution in [2.75, 3.05) is 6.61 Å². The number of rotatable bonds is 74. The van der Waals surface area contributed by atoms with Crippen molar-refractivity contribution >= 4 is 5.91 Å². The van der Waals surface area contributed by atoms with Gasteiger partial charge < -0.3 is 15.5 Å². The molecule has 0 aromatic carbocycles. The number of aliphatic hydroxyl groups excluding tert-OH is 2. The Morgan fingerprint density at radius 2 is 0.464 bits per heavy atom. The largest absolute Gasteiger partial charge is 0.394 e. The van der Waals surface area contributed by atoms with E-state index in [1.54, 1.807) is 6.08 Å². The van der Waals surface area contributed by atoms with Gasteiger partial charge in [0, 0.05) is 6.42 Å². The van der Waals surface area contributed by atoms with E-state index >= 15 is 0 Å². The second kappa shape index (κ2) is 75.9. The van der Waals surface area contributed by atoms with E-state index in [9.17, 15) is 15.0 Å². The third kappa shape index (κ3) is 71.4. The summed E-state index contributed by atoms with van der Waals surface area (Å²) in [5.41, 5.74) is 0. The van der Waals surface area contributed by atoms with Gasteiger partial charge in [0.05, 0.1) is 18.8 Å². The molecule has 0 rings (SSSR count). The van der Waals surface area contributed by atoms with Crippen LogP contribution in [0.5, 0.6) is 0 Å². The highest BCUT2D eigenvalue weighted by Gasteiger charge is 2.18. The van der Waals surface area contributed by atoms with Gasteiger partial charge in [-0.1, -0.05) is 423 Å². The van der Waals surface area contributed by atoms with Gasteiger partial charge >= 0.3 is 0 Å². The lowest BCUT2D eigenvalue weighted by Crippen LogP contribution is -2.45. The fourth-order valence-electron chi connectivity index (χ4n) is 12.7. The Kier molecular flexibility index (Phi) is 74.6. The molecular weight excluding hydrogens is 1020 g/mol. The van der Waals surface area contributed by atoms with Crippen LogP contribution in [0.3, 0.4) is 0 Å². The molecule has 0 bridgehead atoms. The SMILES string of the molecule is CCCCCCCCCC/C=C\CCCCCCCCCCCCCCCCCCCCCCCCCCCCCCCC(=O)NC(CO)C(O)/C=C/CC/C=C/CCCCCCCCCCCCCCCCCCCCCCCCCCC. The van der Waals surface area contributed by atoms with Crippen molar-refractivity contribution in [3.8, 4) is 0 Å². The number of amides is 1. The second-order valence-electron chi connectivity index (χ2n) is 27.1. The van der Waals surface area contributed by atoms with Crippen molar-refractivity contribution in [2.24, 2.45) is 0 Å². The summed E-state index contributed by atoms with van der Waals surface area (Å²) >= 11 is 0. The highest BCUT2D eigenvalue weighted by atomic mass is 16.3. The number of carbonyl (C=O) groups excluding carboxylic acids is 1. The molecule has 84 heavy (non-hydrogen) atoms. The van der Waals surface area contributed by atoms with Crippen molar-refractivity contribution in [1.82, 2.24) is 5.32 Å². The molecule has 0 aromatic heterocycles. The molecule has 2 unspecified atom stereocenters. The molecule has 0 radical (unpaired) electrons. The van der Waals surface area contributed by atoms with E-state index < -0.39 is 12.1 Å². The third-order valence-corrected chi connectivity index (χ3v) is 18.6. The average Bonchev–Trinajstić information content (AvgIpc) is 3.51. The fraction of sp³-hybridized carbons (Fsp3) is 0.912.